The molecule has 3 aromatic heterocycles. The monoisotopic (exact) mass is 639 g/mol. The molecule has 0 fully saturated rings. The van der Waals surface area contributed by atoms with Crippen LogP contribution in [0, 0.1) is 0 Å². The molecule has 50 heavy (non-hydrogen) atoms. The molecule has 9 rings (SSSR count). The molecule has 0 saturated heterocycles. The molecule has 0 unspecified atom stereocenters. The highest BCUT2D eigenvalue weighted by Gasteiger charge is 2.14. The van der Waals surface area contributed by atoms with E-state index in [4.69, 9.17) is 19.9 Å². The van der Waals surface area contributed by atoms with Gasteiger partial charge in [0.15, 0.2) is 17.5 Å². The van der Waals surface area contributed by atoms with Crippen molar-refractivity contribution in [2.45, 2.75) is 0 Å². The molecule has 234 valence electrons. The van der Waals surface area contributed by atoms with Gasteiger partial charge in [0.05, 0.1) is 5.69 Å². The summed E-state index contributed by atoms with van der Waals surface area (Å²) in [6.45, 7) is 0. The van der Waals surface area contributed by atoms with Gasteiger partial charge in [0.2, 0.25) is 0 Å². The lowest BCUT2D eigenvalue weighted by molar-refractivity contribution is 1.07. The molecule has 0 atom stereocenters. The minimum absolute atomic E-state index is 0.640. The summed E-state index contributed by atoms with van der Waals surface area (Å²) in [5, 5.41) is 4.62. The number of pyridine rings is 2. The van der Waals surface area contributed by atoms with Gasteiger partial charge in [0.25, 0.3) is 0 Å². The zero-order valence-corrected chi connectivity index (χ0v) is 27.0. The molecule has 9 aromatic rings. The van der Waals surface area contributed by atoms with Crippen molar-refractivity contribution >= 4 is 21.5 Å². The minimum atomic E-state index is 0.640. The number of nitrogens with zero attached hydrogens (tertiary/aromatic N) is 5. The van der Waals surface area contributed by atoms with Gasteiger partial charge in [-0.1, -0.05) is 115 Å². The first-order chi connectivity index (χ1) is 24.7. The van der Waals surface area contributed by atoms with Crippen LogP contribution in [0.4, 0.5) is 0 Å². The van der Waals surface area contributed by atoms with E-state index in [1.807, 2.05) is 54.7 Å². The highest BCUT2D eigenvalue weighted by atomic mass is 15.0. The maximum absolute atomic E-state index is 5.01. The zero-order valence-electron chi connectivity index (χ0n) is 27.0. The van der Waals surface area contributed by atoms with Crippen LogP contribution in [0.5, 0.6) is 0 Å². The minimum Gasteiger partial charge on any atom is -0.265 e. The van der Waals surface area contributed by atoms with E-state index in [2.05, 4.69) is 114 Å². The van der Waals surface area contributed by atoms with Crippen molar-refractivity contribution in [2.24, 2.45) is 0 Å². The molecule has 5 nitrogen and oxygen atoms in total. The van der Waals surface area contributed by atoms with Crippen molar-refractivity contribution in [1.29, 1.82) is 0 Å². The van der Waals surface area contributed by atoms with Gasteiger partial charge in [0.1, 0.15) is 0 Å². The quantitative estimate of drug-likeness (QED) is 0.169. The topological polar surface area (TPSA) is 64.5 Å². The summed E-state index contributed by atoms with van der Waals surface area (Å²) in [6, 6.07) is 54.5. The van der Waals surface area contributed by atoms with Crippen LogP contribution in [0.2, 0.25) is 0 Å². The molecule has 0 N–H and O–H groups in total. The molecule has 0 spiro atoms. The number of hydrogen-bond donors (Lipinski definition) is 0. The van der Waals surface area contributed by atoms with E-state index in [0.717, 1.165) is 55.4 Å². The molecular formula is C45H29N5. The lowest BCUT2D eigenvalue weighted by Gasteiger charge is -2.10. The first-order valence-corrected chi connectivity index (χ1v) is 16.6. The average Bonchev–Trinajstić information content (AvgIpc) is 3.20. The summed E-state index contributed by atoms with van der Waals surface area (Å²) in [6.07, 6.45) is 5.52. The van der Waals surface area contributed by atoms with Crippen molar-refractivity contribution < 1.29 is 0 Å². The predicted octanol–water partition coefficient (Wildman–Crippen LogP) is 11.0. The summed E-state index contributed by atoms with van der Waals surface area (Å²) in [4.78, 5) is 23.7. The number of hydrogen-bond acceptors (Lipinski definition) is 5. The summed E-state index contributed by atoms with van der Waals surface area (Å²) in [7, 11) is 0. The normalized spacial score (nSPS) is 11.2. The molecule has 0 aliphatic rings. The maximum Gasteiger partial charge on any atom is 0.164 e. The fraction of sp³-hybridized carbons (Fsp3) is 0. The van der Waals surface area contributed by atoms with E-state index in [0.29, 0.717) is 17.5 Å². The van der Waals surface area contributed by atoms with Crippen LogP contribution in [-0.4, -0.2) is 24.9 Å². The van der Waals surface area contributed by atoms with Gasteiger partial charge >= 0.3 is 0 Å². The summed E-state index contributed by atoms with van der Waals surface area (Å²) in [5.41, 5.74) is 9.34. The van der Waals surface area contributed by atoms with Crippen LogP contribution in [0.3, 0.4) is 0 Å². The van der Waals surface area contributed by atoms with Gasteiger partial charge < -0.3 is 0 Å². The number of rotatable bonds is 6. The SMILES string of the molecule is c1ccc(-c2ccc(-c3nc(-c4ccccc4)nc(-c4ccc5cc6cc(-c7ccc(-c8ccncc8)nc7)ccc6cc5c4)n3)cc2)cc1. The van der Waals surface area contributed by atoms with Crippen LogP contribution in [0.1, 0.15) is 0 Å². The molecule has 6 aromatic carbocycles. The highest BCUT2D eigenvalue weighted by Crippen LogP contribution is 2.32. The van der Waals surface area contributed by atoms with Crippen LogP contribution < -0.4 is 0 Å². The van der Waals surface area contributed by atoms with Crippen LogP contribution in [-0.2, 0) is 0 Å². The fourth-order valence-corrected chi connectivity index (χ4v) is 6.37. The first kappa shape index (κ1) is 29.3. The number of aromatic nitrogens is 5. The Morgan fingerprint density at radius 3 is 1.40 bits per heavy atom. The molecule has 3 heterocycles. The Hall–Kier alpha value is -6.85. The Kier molecular flexibility index (Phi) is 7.41. The van der Waals surface area contributed by atoms with Gasteiger partial charge in [-0.2, -0.15) is 0 Å². The first-order valence-electron chi connectivity index (χ1n) is 16.6. The van der Waals surface area contributed by atoms with Gasteiger partial charge in [-0.15, -0.1) is 0 Å². The van der Waals surface area contributed by atoms with Crippen molar-refractivity contribution in [1.82, 2.24) is 24.9 Å². The van der Waals surface area contributed by atoms with Crippen LogP contribution in [0.25, 0.3) is 89.2 Å². The van der Waals surface area contributed by atoms with Crippen molar-refractivity contribution in [3.63, 3.8) is 0 Å². The fourth-order valence-electron chi connectivity index (χ4n) is 6.37. The molecule has 0 bridgehead atoms. The maximum atomic E-state index is 5.01. The Labute approximate surface area is 289 Å². The lowest BCUT2D eigenvalue weighted by Crippen LogP contribution is -2.00. The molecule has 0 aliphatic heterocycles. The van der Waals surface area contributed by atoms with Crippen LogP contribution >= 0.6 is 0 Å². The van der Waals surface area contributed by atoms with Crippen molar-refractivity contribution in [2.75, 3.05) is 0 Å². The molecular weight excluding hydrogens is 611 g/mol. The van der Waals surface area contributed by atoms with Gasteiger partial charge in [-0.05, 0) is 80.7 Å². The van der Waals surface area contributed by atoms with E-state index < -0.39 is 0 Å². The van der Waals surface area contributed by atoms with E-state index in [1.165, 1.54) is 16.3 Å². The predicted molar refractivity (Wildman–Crippen MR) is 203 cm³/mol. The third-order valence-corrected chi connectivity index (χ3v) is 9.04. The third kappa shape index (κ3) is 5.78. The lowest BCUT2D eigenvalue weighted by atomic mass is 9.98. The summed E-state index contributed by atoms with van der Waals surface area (Å²) >= 11 is 0. The van der Waals surface area contributed by atoms with Crippen LogP contribution in [0.15, 0.2) is 176 Å². The molecule has 0 radical (unpaired) electrons. The molecule has 0 aliphatic carbocycles. The van der Waals surface area contributed by atoms with Crippen molar-refractivity contribution in [3.05, 3.63) is 176 Å². The molecule has 0 saturated carbocycles. The second-order valence-corrected chi connectivity index (χ2v) is 12.3. The second kappa shape index (κ2) is 12.6. The van der Waals surface area contributed by atoms with Crippen molar-refractivity contribution in [3.8, 4) is 67.7 Å². The highest BCUT2D eigenvalue weighted by molar-refractivity contribution is 6.01. The van der Waals surface area contributed by atoms with E-state index in [1.54, 1.807) is 12.4 Å². The Morgan fingerprint density at radius 1 is 0.300 bits per heavy atom. The van der Waals surface area contributed by atoms with E-state index in [-0.39, 0.29) is 0 Å². The summed E-state index contributed by atoms with van der Waals surface area (Å²) < 4.78 is 0. The van der Waals surface area contributed by atoms with Gasteiger partial charge in [-0.3, -0.25) is 9.97 Å². The number of benzene rings is 6. The standard InChI is InChI=1S/C45H29N5/c1-3-7-30(8-4-1)31-11-13-34(14-12-31)44-48-43(33-9-5-2-6-10-33)49-45(50-44)38-18-17-37-26-40-25-35(15-16-36(40)27-41(37)28-38)39-19-20-42(47-29-39)32-21-23-46-24-22-32/h1-29H. The van der Waals surface area contributed by atoms with Gasteiger partial charge in [0, 0.05) is 46.4 Å². The third-order valence-electron chi connectivity index (χ3n) is 9.04. The summed E-state index contributed by atoms with van der Waals surface area (Å²) in [5.74, 6) is 1.93. The van der Waals surface area contributed by atoms with Gasteiger partial charge in [-0.25, -0.2) is 15.0 Å². The molecule has 0 amide bonds. The average molecular weight is 640 g/mol. The Morgan fingerprint density at radius 2 is 0.780 bits per heavy atom. The second-order valence-electron chi connectivity index (χ2n) is 12.3. The smallest absolute Gasteiger partial charge is 0.164 e. The van der Waals surface area contributed by atoms with E-state index in [9.17, 15) is 0 Å². The molecule has 5 heteroatoms. The number of fused-ring (bicyclic) bond motifs is 2. The largest absolute Gasteiger partial charge is 0.265 e. The zero-order chi connectivity index (χ0) is 33.3. The Balaban J connectivity index is 1.07. The van der Waals surface area contributed by atoms with E-state index >= 15 is 0 Å². The Bertz CT molecular complexity index is 2600.